The second-order valence-corrected chi connectivity index (χ2v) is 9.60. The first-order valence-electron chi connectivity index (χ1n) is 9.27. The third-order valence-electron chi connectivity index (χ3n) is 5.42. The summed E-state index contributed by atoms with van der Waals surface area (Å²) in [5.74, 6) is 1.17. The highest BCUT2D eigenvalue weighted by Crippen LogP contribution is 2.24. The SMILES string of the molecule is C[C@@H]1CCCN(S(=O)(=O)CC2CCN(Cc3ccccc3)CC2)C1. The Bertz CT molecular complexity index is 610. The highest BCUT2D eigenvalue weighted by Gasteiger charge is 2.31. The average molecular weight is 351 g/mol. The average Bonchev–Trinajstić information content (AvgIpc) is 2.57. The molecule has 0 radical (unpaired) electrons. The number of sulfonamides is 1. The fraction of sp³-hybridized carbons (Fsp3) is 0.684. The number of rotatable bonds is 5. The van der Waals surface area contributed by atoms with E-state index in [1.54, 1.807) is 4.31 Å². The summed E-state index contributed by atoms with van der Waals surface area (Å²) >= 11 is 0. The van der Waals surface area contributed by atoms with Gasteiger partial charge in [-0.25, -0.2) is 12.7 Å². The largest absolute Gasteiger partial charge is 0.299 e. The molecular formula is C19H30N2O2S. The Balaban J connectivity index is 1.48. The molecule has 0 amide bonds. The smallest absolute Gasteiger partial charge is 0.214 e. The maximum Gasteiger partial charge on any atom is 0.214 e. The predicted molar refractivity (Wildman–Crippen MR) is 98.2 cm³/mol. The molecule has 0 N–H and O–H groups in total. The predicted octanol–water partition coefficient (Wildman–Crippen LogP) is 2.96. The first-order chi connectivity index (χ1) is 11.5. The van der Waals surface area contributed by atoms with Crippen LogP contribution in [0.5, 0.6) is 0 Å². The molecule has 1 aromatic rings. The van der Waals surface area contributed by atoms with E-state index in [1.807, 2.05) is 6.07 Å². The highest BCUT2D eigenvalue weighted by atomic mass is 32.2. The summed E-state index contributed by atoms with van der Waals surface area (Å²) in [7, 11) is -3.08. The van der Waals surface area contributed by atoms with Gasteiger partial charge in [-0.1, -0.05) is 37.3 Å². The van der Waals surface area contributed by atoms with E-state index >= 15 is 0 Å². The van der Waals surface area contributed by atoms with Crippen LogP contribution < -0.4 is 0 Å². The van der Waals surface area contributed by atoms with Gasteiger partial charge in [-0.2, -0.15) is 0 Å². The van der Waals surface area contributed by atoms with Gasteiger partial charge in [0.05, 0.1) is 5.75 Å². The lowest BCUT2D eigenvalue weighted by Gasteiger charge is -2.34. The molecule has 0 saturated carbocycles. The van der Waals surface area contributed by atoms with Crippen molar-refractivity contribution in [3.8, 4) is 0 Å². The zero-order valence-electron chi connectivity index (χ0n) is 14.7. The number of likely N-dealkylation sites (tertiary alicyclic amines) is 1. The Morgan fingerprint density at radius 2 is 1.75 bits per heavy atom. The molecule has 2 aliphatic rings. The van der Waals surface area contributed by atoms with Crippen LogP contribution in [0.25, 0.3) is 0 Å². The Morgan fingerprint density at radius 1 is 1.04 bits per heavy atom. The van der Waals surface area contributed by atoms with Crippen molar-refractivity contribution >= 4 is 10.0 Å². The van der Waals surface area contributed by atoms with Gasteiger partial charge in [0, 0.05) is 19.6 Å². The van der Waals surface area contributed by atoms with E-state index in [2.05, 4.69) is 36.1 Å². The number of piperidine rings is 2. The lowest BCUT2D eigenvalue weighted by atomic mass is 9.98. The first-order valence-corrected chi connectivity index (χ1v) is 10.9. The van der Waals surface area contributed by atoms with Crippen LogP contribution in [0.3, 0.4) is 0 Å². The van der Waals surface area contributed by atoms with E-state index in [1.165, 1.54) is 5.56 Å². The molecule has 1 atom stereocenters. The Kier molecular flexibility index (Phi) is 5.95. The Labute approximate surface area is 146 Å². The third-order valence-corrected chi connectivity index (χ3v) is 7.43. The summed E-state index contributed by atoms with van der Waals surface area (Å²) in [4.78, 5) is 2.45. The van der Waals surface area contributed by atoms with Gasteiger partial charge in [-0.15, -0.1) is 0 Å². The summed E-state index contributed by atoms with van der Waals surface area (Å²) in [6.07, 6.45) is 4.16. The standard InChI is InChI=1S/C19H30N2O2S/c1-17-6-5-11-21(14-17)24(22,23)16-19-9-12-20(13-10-19)15-18-7-3-2-4-8-18/h2-4,7-8,17,19H,5-6,9-16H2,1H3/t17-/m1/s1. The van der Waals surface area contributed by atoms with Crippen LogP contribution in [0.1, 0.15) is 38.2 Å². The van der Waals surface area contributed by atoms with E-state index in [9.17, 15) is 8.42 Å². The van der Waals surface area contributed by atoms with Crippen molar-refractivity contribution in [2.45, 2.75) is 39.2 Å². The minimum absolute atomic E-state index is 0.319. The van der Waals surface area contributed by atoms with Crippen LogP contribution in [-0.2, 0) is 16.6 Å². The maximum absolute atomic E-state index is 12.7. The van der Waals surface area contributed by atoms with Gasteiger partial charge >= 0.3 is 0 Å². The molecule has 2 fully saturated rings. The molecule has 134 valence electrons. The van der Waals surface area contributed by atoms with Gasteiger partial charge in [0.25, 0.3) is 0 Å². The van der Waals surface area contributed by atoms with Crippen molar-refractivity contribution in [1.82, 2.24) is 9.21 Å². The minimum atomic E-state index is -3.08. The highest BCUT2D eigenvalue weighted by molar-refractivity contribution is 7.89. The fourth-order valence-corrected chi connectivity index (χ4v) is 5.98. The number of benzene rings is 1. The van der Waals surface area contributed by atoms with Gasteiger partial charge in [-0.05, 0) is 56.2 Å². The molecule has 5 heteroatoms. The summed E-state index contributed by atoms with van der Waals surface area (Å²) in [6.45, 7) is 6.58. The molecule has 1 aromatic carbocycles. The molecule has 3 rings (SSSR count). The molecule has 4 nitrogen and oxygen atoms in total. The van der Waals surface area contributed by atoms with Gasteiger partial charge in [-0.3, -0.25) is 4.90 Å². The van der Waals surface area contributed by atoms with Crippen molar-refractivity contribution in [1.29, 1.82) is 0 Å². The molecule has 2 heterocycles. The van der Waals surface area contributed by atoms with Crippen molar-refractivity contribution < 1.29 is 8.42 Å². The van der Waals surface area contributed by atoms with Crippen molar-refractivity contribution in [2.24, 2.45) is 11.8 Å². The quantitative estimate of drug-likeness (QED) is 0.820. The Morgan fingerprint density at radius 3 is 2.42 bits per heavy atom. The lowest BCUT2D eigenvalue weighted by Crippen LogP contribution is -2.43. The van der Waals surface area contributed by atoms with Crippen LogP contribution in [0, 0.1) is 11.8 Å². The summed E-state index contributed by atoms with van der Waals surface area (Å²) in [6, 6.07) is 10.5. The third kappa shape index (κ3) is 4.80. The van der Waals surface area contributed by atoms with Gasteiger partial charge in [0.2, 0.25) is 10.0 Å². The number of nitrogens with zero attached hydrogens (tertiary/aromatic N) is 2. The van der Waals surface area contributed by atoms with Crippen molar-refractivity contribution in [2.75, 3.05) is 31.9 Å². The normalized spacial score (nSPS) is 25.0. The molecule has 0 aromatic heterocycles. The molecular weight excluding hydrogens is 320 g/mol. The van der Waals surface area contributed by atoms with E-state index < -0.39 is 10.0 Å². The number of hydrogen-bond donors (Lipinski definition) is 0. The van der Waals surface area contributed by atoms with E-state index in [-0.39, 0.29) is 0 Å². The van der Waals surface area contributed by atoms with Crippen LogP contribution in [0.2, 0.25) is 0 Å². The fourth-order valence-electron chi connectivity index (χ4n) is 3.96. The first kappa shape index (κ1) is 17.9. The van der Waals surface area contributed by atoms with Crippen LogP contribution in [0.4, 0.5) is 0 Å². The van der Waals surface area contributed by atoms with Crippen LogP contribution in [-0.4, -0.2) is 49.6 Å². The summed E-state index contributed by atoms with van der Waals surface area (Å²) in [5, 5.41) is 0. The lowest BCUT2D eigenvalue weighted by molar-refractivity contribution is 0.184. The van der Waals surface area contributed by atoms with Gasteiger partial charge < -0.3 is 0 Å². The molecule has 2 saturated heterocycles. The minimum Gasteiger partial charge on any atom is -0.299 e. The van der Waals surface area contributed by atoms with Crippen LogP contribution >= 0.6 is 0 Å². The molecule has 24 heavy (non-hydrogen) atoms. The van der Waals surface area contributed by atoms with Gasteiger partial charge in [0.15, 0.2) is 0 Å². The number of hydrogen-bond acceptors (Lipinski definition) is 3. The maximum atomic E-state index is 12.7. The topological polar surface area (TPSA) is 40.6 Å². The molecule has 0 aliphatic carbocycles. The van der Waals surface area contributed by atoms with E-state index in [0.29, 0.717) is 17.6 Å². The zero-order valence-corrected chi connectivity index (χ0v) is 15.5. The second kappa shape index (κ2) is 7.98. The molecule has 0 bridgehead atoms. The summed E-state index contributed by atoms with van der Waals surface area (Å²) in [5.41, 5.74) is 1.34. The Hall–Kier alpha value is -0.910. The molecule has 2 aliphatic heterocycles. The van der Waals surface area contributed by atoms with E-state index in [0.717, 1.165) is 58.4 Å². The van der Waals surface area contributed by atoms with Crippen molar-refractivity contribution in [3.63, 3.8) is 0 Å². The molecule has 0 unspecified atom stereocenters. The zero-order chi connectivity index (χ0) is 17.0. The summed E-state index contributed by atoms with van der Waals surface area (Å²) < 4.78 is 27.1. The van der Waals surface area contributed by atoms with Crippen LogP contribution in [0.15, 0.2) is 30.3 Å². The van der Waals surface area contributed by atoms with E-state index in [4.69, 9.17) is 0 Å². The monoisotopic (exact) mass is 350 g/mol. The second-order valence-electron chi connectivity index (χ2n) is 7.59. The molecule has 0 spiro atoms. The van der Waals surface area contributed by atoms with Crippen molar-refractivity contribution in [3.05, 3.63) is 35.9 Å². The van der Waals surface area contributed by atoms with Gasteiger partial charge in [0.1, 0.15) is 0 Å².